The Bertz CT molecular complexity index is 593. The van der Waals surface area contributed by atoms with Crippen LogP contribution in [0.25, 0.3) is 0 Å². The lowest BCUT2D eigenvalue weighted by atomic mass is 9.86. The Morgan fingerprint density at radius 1 is 1.13 bits per heavy atom. The van der Waals surface area contributed by atoms with Gasteiger partial charge in [-0.25, -0.2) is 0 Å². The highest BCUT2D eigenvalue weighted by molar-refractivity contribution is 6.32. The maximum Gasteiger partial charge on any atom is 0.276 e. The topological polar surface area (TPSA) is 67.4 Å². The van der Waals surface area contributed by atoms with E-state index in [1.807, 2.05) is 0 Å². The number of para-hydroxylation sites is 1. The van der Waals surface area contributed by atoms with Crippen molar-refractivity contribution in [1.29, 1.82) is 0 Å². The van der Waals surface area contributed by atoms with Crippen molar-refractivity contribution >= 4 is 23.4 Å². The van der Waals surface area contributed by atoms with Gasteiger partial charge in [-0.2, -0.15) is 0 Å². The summed E-state index contributed by atoms with van der Waals surface area (Å²) < 4.78 is 5.31. The second kappa shape index (κ2) is 7.21. The number of hydrogen-bond acceptors (Lipinski definition) is 3. The molecule has 0 radical (unpaired) electrons. The number of rotatable bonds is 5. The standard InChI is InChI=1S/C17H21ClN2O3/c18-14-3-1-2-4-15(14)23-10-17(22)20-19-16(21)9-13-8-11-5-6-12(13)7-11/h1-4,11-13H,5-10H2,(H,19,21)(H,20,22)/t11-,12-,13+/m1/s1. The Morgan fingerprint density at radius 2 is 1.91 bits per heavy atom. The van der Waals surface area contributed by atoms with Gasteiger partial charge in [-0.15, -0.1) is 0 Å². The molecule has 1 aromatic carbocycles. The molecule has 0 spiro atoms. The van der Waals surface area contributed by atoms with Crippen LogP contribution in [-0.2, 0) is 9.59 Å². The van der Waals surface area contributed by atoms with Crippen LogP contribution >= 0.6 is 11.6 Å². The number of hydrazine groups is 1. The van der Waals surface area contributed by atoms with Gasteiger partial charge in [0.05, 0.1) is 5.02 Å². The van der Waals surface area contributed by atoms with Gasteiger partial charge in [0.2, 0.25) is 5.91 Å². The van der Waals surface area contributed by atoms with Crippen LogP contribution < -0.4 is 15.6 Å². The van der Waals surface area contributed by atoms with Crippen LogP contribution in [0.15, 0.2) is 24.3 Å². The number of halogens is 1. The first-order valence-corrected chi connectivity index (χ1v) is 8.44. The number of carbonyl (C=O) groups excluding carboxylic acids is 2. The molecule has 5 nitrogen and oxygen atoms in total. The van der Waals surface area contributed by atoms with Gasteiger partial charge in [-0.3, -0.25) is 20.4 Å². The van der Waals surface area contributed by atoms with Gasteiger partial charge in [0.25, 0.3) is 5.91 Å². The zero-order valence-corrected chi connectivity index (χ0v) is 13.6. The van der Waals surface area contributed by atoms with Gasteiger partial charge < -0.3 is 4.74 Å². The van der Waals surface area contributed by atoms with Crippen LogP contribution in [0, 0.1) is 17.8 Å². The summed E-state index contributed by atoms with van der Waals surface area (Å²) in [6.07, 6.45) is 5.49. The number of carbonyl (C=O) groups is 2. The fourth-order valence-corrected chi connectivity index (χ4v) is 3.99. The Kier molecular flexibility index (Phi) is 5.06. The number of benzene rings is 1. The van der Waals surface area contributed by atoms with Gasteiger partial charge in [0.1, 0.15) is 5.75 Å². The Hall–Kier alpha value is -1.75. The third kappa shape index (κ3) is 4.16. The fourth-order valence-electron chi connectivity index (χ4n) is 3.80. The first-order valence-electron chi connectivity index (χ1n) is 8.07. The van der Waals surface area contributed by atoms with Crippen molar-refractivity contribution in [3.63, 3.8) is 0 Å². The summed E-state index contributed by atoms with van der Waals surface area (Å²) in [6, 6.07) is 6.93. The third-order valence-corrected chi connectivity index (χ3v) is 5.18. The molecule has 2 amide bonds. The molecule has 2 aliphatic rings. The largest absolute Gasteiger partial charge is 0.482 e. The molecular weight excluding hydrogens is 316 g/mol. The molecule has 0 heterocycles. The summed E-state index contributed by atoms with van der Waals surface area (Å²) in [4.78, 5) is 23.6. The van der Waals surface area contributed by atoms with Crippen molar-refractivity contribution in [3.8, 4) is 5.75 Å². The molecule has 0 unspecified atom stereocenters. The fraction of sp³-hybridized carbons (Fsp3) is 0.529. The second-order valence-corrected chi connectivity index (χ2v) is 6.86. The molecule has 2 aliphatic carbocycles. The van der Waals surface area contributed by atoms with Crippen molar-refractivity contribution < 1.29 is 14.3 Å². The van der Waals surface area contributed by atoms with E-state index < -0.39 is 5.91 Å². The summed E-state index contributed by atoms with van der Waals surface area (Å²) in [6.45, 7) is -0.196. The van der Waals surface area contributed by atoms with E-state index in [0.717, 1.165) is 12.3 Å². The van der Waals surface area contributed by atoms with Crippen molar-refractivity contribution in [2.75, 3.05) is 6.61 Å². The van der Waals surface area contributed by atoms with Crippen LogP contribution in [0.3, 0.4) is 0 Å². The van der Waals surface area contributed by atoms with E-state index in [1.165, 1.54) is 19.3 Å². The Morgan fingerprint density at radius 3 is 2.61 bits per heavy atom. The molecular formula is C17H21ClN2O3. The predicted molar refractivity (Wildman–Crippen MR) is 86.8 cm³/mol. The zero-order chi connectivity index (χ0) is 16.2. The number of ether oxygens (including phenoxy) is 1. The number of amides is 2. The van der Waals surface area contributed by atoms with Gasteiger partial charge in [0, 0.05) is 6.42 Å². The van der Waals surface area contributed by atoms with Crippen LogP contribution in [0.2, 0.25) is 5.02 Å². The average molecular weight is 337 g/mol. The van der Waals surface area contributed by atoms with Crippen LogP contribution in [0.5, 0.6) is 5.75 Å². The molecule has 6 heteroatoms. The summed E-state index contributed by atoms with van der Waals surface area (Å²) in [5.41, 5.74) is 4.85. The molecule has 2 saturated carbocycles. The van der Waals surface area contributed by atoms with Crippen molar-refractivity contribution in [3.05, 3.63) is 29.3 Å². The number of nitrogens with one attached hydrogen (secondary N) is 2. The maximum atomic E-state index is 11.9. The lowest BCUT2D eigenvalue weighted by molar-refractivity contribution is -0.130. The molecule has 3 rings (SSSR count). The highest BCUT2D eigenvalue weighted by atomic mass is 35.5. The smallest absolute Gasteiger partial charge is 0.276 e. The first-order chi connectivity index (χ1) is 11.1. The summed E-state index contributed by atoms with van der Waals surface area (Å²) in [5.74, 6) is 1.89. The molecule has 124 valence electrons. The van der Waals surface area contributed by atoms with E-state index in [1.54, 1.807) is 24.3 Å². The minimum Gasteiger partial charge on any atom is -0.482 e. The third-order valence-electron chi connectivity index (χ3n) is 4.87. The van der Waals surface area contributed by atoms with E-state index in [9.17, 15) is 9.59 Å². The molecule has 0 saturated heterocycles. The summed E-state index contributed by atoms with van der Waals surface area (Å²) in [7, 11) is 0. The SMILES string of the molecule is O=C(COc1ccccc1Cl)NNC(=O)C[C@@H]1C[C@@H]2CC[C@@H]1C2. The van der Waals surface area contributed by atoms with Crippen LogP contribution in [-0.4, -0.2) is 18.4 Å². The van der Waals surface area contributed by atoms with Gasteiger partial charge >= 0.3 is 0 Å². The van der Waals surface area contributed by atoms with Crippen molar-refractivity contribution in [2.24, 2.45) is 17.8 Å². The molecule has 2 bridgehead atoms. The molecule has 2 fully saturated rings. The van der Waals surface area contributed by atoms with E-state index in [0.29, 0.717) is 29.0 Å². The number of hydrogen-bond donors (Lipinski definition) is 2. The molecule has 1 aromatic rings. The molecule has 2 N–H and O–H groups in total. The number of fused-ring (bicyclic) bond motifs is 2. The zero-order valence-electron chi connectivity index (χ0n) is 12.9. The Labute approximate surface area is 140 Å². The Balaban J connectivity index is 1.35. The highest BCUT2D eigenvalue weighted by Gasteiger charge is 2.40. The normalized spacial score (nSPS) is 25.2. The molecule has 0 aromatic heterocycles. The van der Waals surface area contributed by atoms with E-state index >= 15 is 0 Å². The van der Waals surface area contributed by atoms with Crippen molar-refractivity contribution in [1.82, 2.24) is 10.9 Å². The van der Waals surface area contributed by atoms with Gasteiger partial charge in [0.15, 0.2) is 6.61 Å². The minimum absolute atomic E-state index is 0.131. The highest BCUT2D eigenvalue weighted by Crippen LogP contribution is 2.49. The van der Waals surface area contributed by atoms with E-state index in [-0.39, 0.29) is 12.5 Å². The van der Waals surface area contributed by atoms with Crippen LogP contribution in [0.1, 0.15) is 32.1 Å². The lowest BCUT2D eigenvalue weighted by Crippen LogP contribution is -2.44. The molecule has 23 heavy (non-hydrogen) atoms. The average Bonchev–Trinajstić information content (AvgIpc) is 3.15. The quantitative estimate of drug-likeness (QED) is 0.812. The second-order valence-electron chi connectivity index (χ2n) is 6.45. The monoisotopic (exact) mass is 336 g/mol. The summed E-state index contributed by atoms with van der Waals surface area (Å²) in [5, 5.41) is 0.445. The van der Waals surface area contributed by atoms with E-state index in [2.05, 4.69) is 10.9 Å². The molecule has 3 atom stereocenters. The predicted octanol–water partition coefficient (Wildman–Crippen LogP) is 2.69. The van der Waals surface area contributed by atoms with Gasteiger partial charge in [-0.1, -0.05) is 30.2 Å². The van der Waals surface area contributed by atoms with Gasteiger partial charge in [-0.05, 0) is 49.1 Å². The minimum atomic E-state index is -0.411. The van der Waals surface area contributed by atoms with Crippen molar-refractivity contribution in [2.45, 2.75) is 32.1 Å². The molecule has 0 aliphatic heterocycles. The maximum absolute atomic E-state index is 11.9. The van der Waals surface area contributed by atoms with Crippen LogP contribution in [0.4, 0.5) is 0 Å². The van der Waals surface area contributed by atoms with E-state index in [4.69, 9.17) is 16.3 Å². The lowest BCUT2D eigenvalue weighted by Gasteiger charge is -2.20. The first kappa shape index (κ1) is 16.1. The summed E-state index contributed by atoms with van der Waals surface area (Å²) >= 11 is 5.93.